The van der Waals surface area contributed by atoms with Crippen LogP contribution >= 0.6 is 54.5 Å². The molecule has 0 aliphatic carbocycles. The summed E-state index contributed by atoms with van der Waals surface area (Å²) in [7, 11) is 0. The highest BCUT2D eigenvalue weighted by Crippen LogP contribution is 2.41. The second-order valence-electron chi connectivity index (χ2n) is 4.31. The average molecular weight is 408 g/mol. The number of aryl methyl sites for hydroxylation is 1. The zero-order valence-corrected chi connectivity index (χ0v) is 15.1. The van der Waals surface area contributed by atoms with Gasteiger partial charge < -0.3 is 0 Å². The molecule has 0 aliphatic heterocycles. The van der Waals surface area contributed by atoms with Crippen LogP contribution in [0.2, 0.25) is 0 Å². The molecule has 0 bridgehead atoms. The van der Waals surface area contributed by atoms with Crippen molar-refractivity contribution in [3.8, 4) is 10.4 Å². The summed E-state index contributed by atoms with van der Waals surface area (Å²) in [6, 6.07) is 6.73. The minimum atomic E-state index is 1.18. The Morgan fingerprint density at radius 1 is 1.06 bits per heavy atom. The lowest BCUT2D eigenvalue weighted by molar-refractivity contribution is 0.670. The van der Waals surface area contributed by atoms with Gasteiger partial charge in [-0.2, -0.15) is 0 Å². The lowest BCUT2D eigenvalue weighted by atomic mass is 10.1. The van der Waals surface area contributed by atoms with Gasteiger partial charge in [-0.05, 0) is 62.9 Å². The minimum absolute atomic E-state index is 1.18. The first kappa shape index (κ1) is 14.8. The van der Waals surface area contributed by atoms with Gasteiger partial charge in [0.05, 0.1) is 7.57 Å². The van der Waals surface area contributed by atoms with E-state index in [1.165, 1.54) is 55.0 Å². The molecule has 0 aliphatic rings. The van der Waals surface area contributed by atoms with Crippen molar-refractivity contribution in [3.05, 3.63) is 30.6 Å². The monoisotopic (exact) mass is 406 g/mol. The number of rotatable bonds is 6. The molecule has 0 aromatic carbocycles. The van der Waals surface area contributed by atoms with Crippen LogP contribution in [0, 0.1) is 0 Å². The van der Waals surface area contributed by atoms with Crippen LogP contribution in [0.25, 0.3) is 10.4 Å². The first-order valence-corrected chi connectivity index (χ1v) is 9.46. The van der Waals surface area contributed by atoms with Crippen molar-refractivity contribution in [2.75, 3.05) is 0 Å². The molecule has 98 valence electrons. The fourth-order valence-electron chi connectivity index (χ4n) is 1.89. The first-order chi connectivity index (χ1) is 8.70. The van der Waals surface area contributed by atoms with E-state index in [9.17, 15) is 0 Å². The van der Waals surface area contributed by atoms with Gasteiger partial charge in [-0.3, -0.25) is 0 Å². The highest BCUT2D eigenvalue weighted by molar-refractivity contribution is 9.12. The van der Waals surface area contributed by atoms with Gasteiger partial charge in [0.1, 0.15) is 0 Å². The summed E-state index contributed by atoms with van der Waals surface area (Å²) in [4.78, 5) is 2.88. The highest BCUT2D eigenvalue weighted by atomic mass is 79.9. The van der Waals surface area contributed by atoms with E-state index in [1.54, 1.807) is 11.3 Å². The molecule has 0 atom stereocenters. The molecule has 0 amide bonds. The van der Waals surface area contributed by atoms with Crippen LogP contribution < -0.4 is 0 Å². The maximum Gasteiger partial charge on any atom is 0.0796 e. The van der Waals surface area contributed by atoms with E-state index in [0.29, 0.717) is 0 Å². The molecule has 0 nitrogen and oxygen atoms in total. The van der Waals surface area contributed by atoms with Crippen LogP contribution in [-0.4, -0.2) is 0 Å². The zero-order chi connectivity index (χ0) is 13.0. The van der Waals surface area contributed by atoms with Crippen molar-refractivity contribution in [2.24, 2.45) is 0 Å². The number of unbranched alkanes of at least 4 members (excludes halogenated alkanes) is 3. The van der Waals surface area contributed by atoms with Crippen molar-refractivity contribution < 1.29 is 0 Å². The van der Waals surface area contributed by atoms with Crippen LogP contribution in [0.5, 0.6) is 0 Å². The molecule has 0 saturated heterocycles. The number of thiophene rings is 2. The van der Waals surface area contributed by atoms with E-state index in [0.717, 1.165) is 0 Å². The maximum atomic E-state index is 3.63. The summed E-state index contributed by atoms with van der Waals surface area (Å²) in [5.74, 6) is 0. The Labute approximate surface area is 134 Å². The van der Waals surface area contributed by atoms with E-state index in [2.05, 4.69) is 57.0 Å². The minimum Gasteiger partial charge on any atom is -0.140 e. The van der Waals surface area contributed by atoms with Crippen LogP contribution in [0.4, 0.5) is 0 Å². The summed E-state index contributed by atoms with van der Waals surface area (Å²) in [5, 5.41) is 0. The zero-order valence-electron chi connectivity index (χ0n) is 10.3. The largest absolute Gasteiger partial charge is 0.140 e. The van der Waals surface area contributed by atoms with Gasteiger partial charge in [-0.25, -0.2) is 0 Å². The fourth-order valence-corrected chi connectivity index (χ4v) is 6.00. The van der Waals surface area contributed by atoms with Gasteiger partial charge >= 0.3 is 0 Å². The molecule has 2 aromatic rings. The van der Waals surface area contributed by atoms with E-state index >= 15 is 0 Å². The smallest absolute Gasteiger partial charge is 0.0796 e. The van der Waals surface area contributed by atoms with Crippen molar-refractivity contribution in [2.45, 2.75) is 39.0 Å². The summed E-state index contributed by atoms with van der Waals surface area (Å²) in [6.45, 7) is 2.26. The van der Waals surface area contributed by atoms with Gasteiger partial charge in [-0.1, -0.05) is 26.2 Å². The molecular formula is C14H16Br2S2. The molecule has 18 heavy (non-hydrogen) atoms. The molecule has 0 spiro atoms. The Kier molecular flexibility index (Phi) is 5.93. The van der Waals surface area contributed by atoms with Crippen molar-refractivity contribution >= 4 is 54.5 Å². The summed E-state index contributed by atoms with van der Waals surface area (Å²) in [6.07, 6.45) is 6.58. The molecule has 0 saturated carbocycles. The Bertz CT molecular complexity index is 500. The lowest BCUT2D eigenvalue weighted by Crippen LogP contribution is -1.80. The Hall–Kier alpha value is 0.360. The molecule has 0 N–H and O–H groups in total. The molecule has 2 aromatic heterocycles. The van der Waals surface area contributed by atoms with Crippen LogP contribution in [-0.2, 0) is 6.42 Å². The second kappa shape index (κ2) is 7.22. The van der Waals surface area contributed by atoms with Gasteiger partial charge in [0, 0.05) is 15.3 Å². The topological polar surface area (TPSA) is 0 Å². The number of halogens is 2. The van der Waals surface area contributed by atoms with Crippen LogP contribution in [0.1, 0.15) is 37.5 Å². The highest BCUT2D eigenvalue weighted by Gasteiger charge is 2.10. The van der Waals surface area contributed by atoms with Crippen LogP contribution in [0.15, 0.2) is 25.8 Å². The van der Waals surface area contributed by atoms with E-state index in [-0.39, 0.29) is 0 Å². The number of hydrogen-bond acceptors (Lipinski definition) is 2. The molecule has 0 radical (unpaired) electrons. The molecule has 2 heterocycles. The molecule has 0 fully saturated rings. The molecule has 0 unspecified atom stereocenters. The van der Waals surface area contributed by atoms with Crippen LogP contribution in [0.3, 0.4) is 0 Å². The standard InChI is InChI=1S/C14H16Br2S2/c1-2-3-4-5-6-10-7-8-12(17-10)11-9-13(15)18-14(11)16/h7-9H,2-6H2,1H3. The molecule has 4 heteroatoms. The third kappa shape index (κ3) is 3.92. The van der Waals surface area contributed by atoms with Crippen molar-refractivity contribution in [3.63, 3.8) is 0 Å². The quantitative estimate of drug-likeness (QED) is 0.447. The van der Waals surface area contributed by atoms with Crippen molar-refractivity contribution in [1.29, 1.82) is 0 Å². The van der Waals surface area contributed by atoms with E-state index in [1.807, 2.05) is 11.3 Å². The predicted octanol–water partition coefficient (Wildman–Crippen LogP) is 7.12. The third-order valence-electron chi connectivity index (χ3n) is 2.86. The van der Waals surface area contributed by atoms with Gasteiger partial charge in [0.25, 0.3) is 0 Å². The SMILES string of the molecule is CCCCCCc1ccc(-c2cc(Br)sc2Br)s1. The summed E-state index contributed by atoms with van der Waals surface area (Å²) >= 11 is 10.8. The normalized spacial score (nSPS) is 11.1. The van der Waals surface area contributed by atoms with E-state index in [4.69, 9.17) is 0 Å². The molecule has 2 rings (SSSR count). The summed E-state index contributed by atoms with van der Waals surface area (Å²) < 4.78 is 2.40. The second-order valence-corrected chi connectivity index (χ2v) is 9.23. The number of hydrogen-bond donors (Lipinski definition) is 0. The first-order valence-electron chi connectivity index (χ1n) is 6.24. The fraction of sp³-hybridized carbons (Fsp3) is 0.429. The maximum absolute atomic E-state index is 3.63. The Morgan fingerprint density at radius 2 is 1.89 bits per heavy atom. The van der Waals surface area contributed by atoms with Gasteiger partial charge in [0.15, 0.2) is 0 Å². The molecular weight excluding hydrogens is 392 g/mol. The van der Waals surface area contributed by atoms with Gasteiger partial charge in [-0.15, -0.1) is 22.7 Å². The third-order valence-corrected chi connectivity index (χ3v) is 6.38. The lowest BCUT2D eigenvalue weighted by Gasteiger charge is -1.97. The average Bonchev–Trinajstić information content (AvgIpc) is 2.91. The van der Waals surface area contributed by atoms with Gasteiger partial charge in [0.2, 0.25) is 0 Å². The Balaban J connectivity index is 1.99. The Morgan fingerprint density at radius 3 is 2.56 bits per heavy atom. The predicted molar refractivity (Wildman–Crippen MR) is 90.9 cm³/mol. The van der Waals surface area contributed by atoms with Crippen molar-refractivity contribution in [1.82, 2.24) is 0 Å². The summed E-state index contributed by atoms with van der Waals surface area (Å²) in [5.41, 5.74) is 1.32. The van der Waals surface area contributed by atoms with E-state index < -0.39 is 0 Å².